The second-order valence-electron chi connectivity index (χ2n) is 2.57. The summed E-state index contributed by atoms with van der Waals surface area (Å²) in [5.41, 5.74) is 0.665. The van der Waals surface area contributed by atoms with Crippen molar-refractivity contribution in [3.8, 4) is 0 Å². The Hall–Kier alpha value is -0.640. The van der Waals surface area contributed by atoms with E-state index in [1.165, 1.54) is 0 Å². The molecule has 0 aliphatic heterocycles. The molecule has 0 aromatic carbocycles. The molecule has 6 heteroatoms. The molecule has 1 heterocycles. The molecule has 0 atom stereocenters. The third-order valence-electron chi connectivity index (χ3n) is 1.41. The Labute approximate surface area is 69.6 Å². The van der Waals surface area contributed by atoms with Gasteiger partial charge in [0.05, 0.1) is 5.69 Å². The van der Waals surface area contributed by atoms with Crippen LogP contribution in [0.1, 0.15) is 17.3 Å². The molecular weight excluding hydrogens is 181 g/mol. The number of oxazole rings is 1. The van der Waals surface area contributed by atoms with Crippen molar-refractivity contribution in [3.63, 3.8) is 0 Å². The number of nitrogens with zero attached hydrogens (tertiary/aromatic N) is 1. The molecule has 1 aromatic heterocycles. The van der Waals surface area contributed by atoms with Crippen LogP contribution in [-0.2, 0) is 10.7 Å². The summed E-state index contributed by atoms with van der Waals surface area (Å²) in [6.07, 6.45) is -0.429. The largest absolute Gasteiger partial charge is 0.445 e. The average molecular weight is 191 g/mol. The average Bonchev–Trinajstić information content (AvgIpc) is 2.07. The van der Waals surface area contributed by atoms with Crippen LogP contribution in [0.15, 0.2) is 4.42 Å². The highest BCUT2D eigenvalue weighted by Crippen LogP contribution is 2.38. The molecule has 0 spiro atoms. The van der Waals surface area contributed by atoms with E-state index in [0.29, 0.717) is 11.5 Å². The van der Waals surface area contributed by atoms with E-state index in [2.05, 4.69) is 4.98 Å². The molecule has 0 bridgehead atoms. The first-order chi connectivity index (χ1) is 5.38. The van der Waals surface area contributed by atoms with Crippen LogP contribution in [0.2, 0.25) is 0 Å². The Kier molecular flexibility index (Phi) is 2.37. The molecule has 1 rings (SSSR count). The first-order valence-corrected chi connectivity index (χ1v) is 5.16. The van der Waals surface area contributed by atoms with E-state index in [-0.39, 0.29) is 5.89 Å². The number of hydrogen-bond acceptors (Lipinski definition) is 3. The normalized spacial score (nSPS) is 12.0. The minimum atomic E-state index is -4.05. The molecule has 0 fully saturated rings. The Balaban J connectivity index is 2.85. The molecule has 0 amide bonds. The highest BCUT2D eigenvalue weighted by Gasteiger charge is 2.18. The molecule has 0 aliphatic carbocycles. The highest BCUT2D eigenvalue weighted by atomic mass is 31.2. The number of rotatable bonds is 2. The van der Waals surface area contributed by atoms with Crippen molar-refractivity contribution in [1.82, 2.24) is 4.98 Å². The zero-order valence-corrected chi connectivity index (χ0v) is 7.71. The zero-order chi connectivity index (χ0) is 9.35. The molecule has 0 aliphatic rings. The minimum absolute atomic E-state index is 0.0957. The minimum Gasteiger partial charge on any atom is -0.445 e. The van der Waals surface area contributed by atoms with Crippen molar-refractivity contribution < 1.29 is 18.8 Å². The van der Waals surface area contributed by atoms with E-state index in [4.69, 9.17) is 14.2 Å². The fourth-order valence-electron chi connectivity index (χ4n) is 0.783. The van der Waals surface area contributed by atoms with Crippen LogP contribution in [0, 0.1) is 13.8 Å². The first kappa shape index (κ1) is 9.45. The van der Waals surface area contributed by atoms with Crippen LogP contribution in [0.3, 0.4) is 0 Å². The molecule has 1 aromatic rings. The third-order valence-corrected chi connectivity index (χ3v) is 2.10. The molecule has 0 radical (unpaired) electrons. The van der Waals surface area contributed by atoms with E-state index in [0.717, 1.165) is 0 Å². The molecule has 0 unspecified atom stereocenters. The van der Waals surface area contributed by atoms with Crippen molar-refractivity contribution >= 4 is 7.60 Å². The van der Waals surface area contributed by atoms with E-state index in [1.54, 1.807) is 13.8 Å². The highest BCUT2D eigenvalue weighted by molar-refractivity contribution is 7.50. The van der Waals surface area contributed by atoms with Crippen molar-refractivity contribution in [2.24, 2.45) is 0 Å². The van der Waals surface area contributed by atoms with Crippen LogP contribution in [0.25, 0.3) is 0 Å². The van der Waals surface area contributed by atoms with Gasteiger partial charge in [-0.15, -0.1) is 0 Å². The second kappa shape index (κ2) is 3.01. The molecule has 12 heavy (non-hydrogen) atoms. The standard InChI is InChI=1S/C6H10NO4P/c1-4-5(2)11-6(7-4)3-12(8,9)10/h3H2,1-2H3,(H2,8,9,10). The number of aromatic nitrogens is 1. The summed E-state index contributed by atoms with van der Waals surface area (Å²) in [4.78, 5) is 21.0. The summed E-state index contributed by atoms with van der Waals surface area (Å²) in [7, 11) is -4.05. The van der Waals surface area contributed by atoms with Gasteiger partial charge in [-0.25, -0.2) is 4.98 Å². The van der Waals surface area contributed by atoms with Crippen molar-refractivity contribution in [2.45, 2.75) is 20.0 Å². The molecule has 68 valence electrons. The summed E-state index contributed by atoms with van der Waals surface area (Å²) in [5, 5.41) is 0. The lowest BCUT2D eigenvalue weighted by Gasteiger charge is -1.97. The molecule has 2 N–H and O–H groups in total. The monoisotopic (exact) mass is 191 g/mol. The summed E-state index contributed by atoms with van der Waals surface area (Å²) >= 11 is 0. The third kappa shape index (κ3) is 2.44. The summed E-state index contributed by atoms with van der Waals surface area (Å²) < 4.78 is 15.5. The Morgan fingerprint density at radius 3 is 2.42 bits per heavy atom. The van der Waals surface area contributed by atoms with Gasteiger partial charge in [0.25, 0.3) is 0 Å². The van der Waals surface area contributed by atoms with Gasteiger partial charge in [-0.05, 0) is 13.8 Å². The van der Waals surface area contributed by atoms with Gasteiger partial charge in [0, 0.05) is 0 Å². The van der Waals surface area contributed by atoms with Gasteiger partial charge in [-0.2, -0.15) is 0 Å². The summed E-state index contributed by atoms with van der Waals surface area (Å²) in [5.74, 6) is 0.691. The summed E-state index contributed by atoms with van der Waals surface area (Å²) in [6, 6.07) is 0. The molecule has 5 nitrogen and oxygen atoms in total. The van der Waals surface area contributed by atoms with Crippen LogP contribution < -0.4 is 0 Å². The van der Waals surface area contributed by atoms with Crippen molar-refractivity contribution in [1.29, 1.82) is 0 Å². The predicted octanol–water partition coefficient (Wildman–Crippen LogP) is 0.969. The lowest BCUT2D eigenvalue weighted by atomic mass is 10.4. The quantitative estimate of drug-likeness (QED) is 0.680. The van der Waals surface area contributed by atoms with Gasteiger partial charge in [0.15, 0.2) is 0 Å². The lowest BCUT2D eigenvalue weighted by Crippen LogP contribution is -1.86. The zero-order valence-electron chi connectivity index (χ0n) is 6.81. The number of hydrogen-bond donors (Lipinski definition) is 2. The van der Waals surface area contributed by atoms with Gasteiger partial charge in [0.1, 0.15) is 11.9 Å². The Morgan fingerprint density at radius 1 is 1.50 bits per heavy atom. The topological polar surface area (TPSA) is 83.6 Å². The second-order valence-corrected chi connectivity index (χ2v) is 4.22. The van der Waals surface area contributed by atoms with E-state index in [1.807, 2.05) is 0 Å². The van der Waals surface area contributed by atoms with Gasteiger partial charge >= 0.3 is 7.60 Å². The molecular formula is C6H10NO4P. The lowest BCUT2D eigenvalue weighted by molar-refractivity contribution is 0.363. The molecule has 0 saturated heterocycles. The van der Waals surface area contributed by atoms with Crippen LogP contribution >= 0.6 is 7.60 Å². The van der Waals surface area contributed by atoms with Crippen LogP contribution in [0.5, 0.6) is 0 Å². The van der Waals surface area contributed by atoms with E-state index < -0.39 is 13.8 Å². The SMILES string of the molecule is Cc1nc(CP(=O)(O)O)oc1C. The van der Waals surface area contributed by atoms with E-state index in [9.17, 15) is 4.57 Å². The maximum Gasteiger partial charge on any atom is 0.334 e. The van der Waals surface area contributed by atoms with Gasteiger partial charge in [-0.3, -0.25) is 4.57 Å². The fourth-order valence-corrected chi connectivity index (χ4v) is 1.27. The first-order valence-electron chi connectivity index (χ1n) is 3.36. The smallest absolute Gasteiger partial charge is 0.334 e. The van der Waals surface area contributed by atoms with E-state index >= 15 is 0 Å². The van der Waals surface area contributed by atoms with Gasteiger partial charge < -0.3 is 14.2 Å². The van der Waals surface area contributed by atoms with Crippen LogP contribution in [0.4, 0.5) is 0 Å². The van der Waals surface area contributed by atoms with Crippen molar-refractivity contribution in [2.75, 3.05) is 0 Å². The van der Waals surface area contributed by atoms with Gasteiger partial charge in [0.2, 0.25) is 5.89 Å². The Bertz CT molecular complexity index is 307. The Morgan fingerprint density at radius 2 is 2.08 bits per heavy atom. The maximum atomic E-state index is 10.5. The predicted molar refractivity (Wildman–Crippen MR) is 41.7 cm³/mol. The van der Waals surface area contributed by atoms with Crippen LogP contribution in [-0.4, -0.2) is 14.8 Å². The summed E-state index contributed by atoms with van der Waals surface area (Å²) in [6.45, 7) is 3.42. The fraction of sp³-hybridized carbons (Fsp3) is 0.500. The maximum absolute atomic E-state index is 10.5. The number of aryl methyl sites for hydroxylation is 2. The van der Waals surface area contributed by atoms with Crippen molar-refractivity contribution in [3.05, 3.63) is 17.3 Å². The van der Waals surface area contributed by atoms with Gasteiger partial charge in [-0.1, -0.05) is 0 Å². The molecule has 0 saturated carbocycles.